The lowest BCUT2D eigenvalue weighted by atomic mass is 10.2. The van der Waals surface area contributed by atoms with Gasteiger partial charge in [0.1, 0.15) is 6.10 Å². The molecule has 1 atom stereocenters. The fourth-order valence-corrected chi connectivity index (χ4v) is 1.01. The maximum atomic E-state index is 11.1. The lowest BCUT2D eigenvalue weighted by Gasteiger charge is -2.09. The molecule has 0 aromatic heterocycles. The van der Waals surface area contributed by atoms with Gasteiger partial charge in [-0.2, -0.15) is 0 Å². The van der Waals surface area contributed by atoms with Crippen LogP contribution in [0.3, 0.4) is 0 Å². The van der Waals surface area contributed by atoms with Crippen molar-refractivity contribution in [2.24, 2.45) is 0 Å². The van der Waals surface area contributed by atoms with Gasteiger partial charge < -0.3 is 4.74 Å². The van der Waals surface area contributed by atoms with E-state index in [1.54, 1.807) is 0 Å². The van der Waals surface area contributed by atoms with Crippen molar-refractivity contribution in [1.82, 2.24) is 10.9 Å². The number of rotatable bonds is 1. The van der Waals surface area contributed by atoms with Gasteiger partial charge in [0.05, 0.1) is 0 Å². The third-order valence-corrected chi connectivity index (χ3v) is 1.58. The lowest BCUT2D eigenvalue weighted by molar-refractivity contribution is -0.134. The molecule has 1 heterocycles. The molecule has 0 unspecified atom stereocenters. The molecule has 0 aliphatic carbocycles. The van der Waals surface area contributed by atoms with Crippen molar-refractivity contribution in [3.8, 4) is 0 Å². The molecule has 2 amide bonds. The van der Waals surface area contributed by atoms with Crippen molar-refractivity contribution >= 4 is 11.8 Å². The average Bonchev–Trinajstić information content (AvgIpc) is 2.51. The summed E-state index contributed by atoms with van der Waals surface area (Å²) in [6.45, 7) is 1.95. The molecule has 68 valence electrons. The summed E-state index contributed by atoms with van der Waals surface area (Å²) in [5.41, 5.74) is 4.46. The summed E-state index contributed by atoms with van der Waals surface area (Å²) in [7, 11) is 0. The van der Waals surface area contributed by atoms with Crippen molar-refractivity contribution in [2.45, 2.75) is 25.9 Å². The van der Waals surface area contributed by atoms with Crippen LogP contribution < -0.4 is 10.9 Å². The fraction of sp³-hybridized carbons (Fsp3) is 0.714. The van der Waals surface area contributed by atoms with Gasteiger partial charge in [-0.25, -0.2) is 0 Å². The molecule has 1 saturated heterocycles. The van der Waals surface area contributed by atoms with Gasteiger partial charge in [-0.1, -0.05) is 0 Å². The normalized spacial score (nSPS) is 21.9. The van der Waals surface area contributed by atoms with E-state index in [1.807, 2.05) is 0 Å². The second-order valence-corrected chi connectivity index (χ2v) is 2.67. The Labute approximate surface area is 70.4 Å². The zero-order valence-electron chi connectivity index (χ0n) is 6.92. The SMILES string of the molecule is CC(=O)NNC(=O)[C@H]1CCCO1. The number of carbonyl (C=O) groups is 2. The minimum Gasteiger partial charge on any atom is -0.368 e. The monoisotopic (exact) mass is 172 g/mol. The van der Waals surface area contributed by atoms with E-state index in [1.165, 1.54) is 6.92 Å². The minimum absolute atomic E-state index is 0.275. The number of ether oxygens (including phenoxy) is 1. The average molecular weight is 172 g/mol. The Morgan fingerprint density at radius 2 is 2.17 bits per heavy atom. The van der Waals surface area contributed by atoms with Gasteiger partial charge in [0, 0.05) is 13.5 Å². The zero-order valence-corrected chi connectivity index (χ0v) is 6.92. The highest BCUT2D eigenvalue weighted by molar-refractivity contribution is 5.83. The first-order chi connectivity index (χ1) is 5.70. The van der Waals surface area contributed by atoms with Crippen LogP contribution in [0.5, 0.6) is 0 Å². The summed E-state index contributed by atoms with van der Waals surface area (Å²) in [6, 6.07) is 0. The second-order valence-electron chi connectivity index (χ2n) is 2.67. The van der Waals surface area contributed by atoms with E-state index in [2.05, 4.69) is 10.9 Å². The summed E-state index contributed by atoms with van der Waals surface area (Å²) in [6.07, 6.45) is 1.24. The van der Waals surface area contributed by atoms with Crippen molar-refractivity contribution in [3.63, 3.8) is 0 Å². The molecular weight excluding hydrogens is 160 g/mol. The van der Waals surface area contributed by atoms with E-state index < -0.39 is 6.10 Å². The van der Waals surface area contributed by atoms with Crippen LogP contribution in [0.2, 0.25) is 0 Å². The first-order valence-electron chi connectivity index (χ1n) is 3.88. The fourth-order valence-electron chi connectivity index (χ4n) is 1.01. The molecule has 0 aromatic carbocycles. The third-order valence-electron chi connectivity index (χ3n) is 1.58. The number of carbonyl (C=O) groups excluding carboxylic acids is 2. The van der Waals surface area contributed by atoms with Gasteiger partial charge in [0.15, 0.2) is 0 Å². The molecule has 0 bridgehead atoms. The van der Waals surface area contributed by atoms with E-state index in [0.717, 1.165) is 12.8 Å². The molecule has 5 nitrogen and oxygen atoms in total. The summed E-state index contributed by atoms with van der Waals surface area (Å²) >= 11 is 0. The van der Waals surface area contributed by atoms with Crippen molar-refractivity contribution in [3.05, 3.63) is 0 Å². The van der Waals surface area contributed by atoms with Crippen LogP contribution in [0.4, 0.5) is 0 Å². The van der Waals surface area contributed by atoms with Crippen LogP contribution in [0.1, 0.15) is 19.8 Å². The largest absolute Gasteiger partial charge is 0.368 e. The highest BCUT2D eigenvalue weighted by atomic mass is 16.5. The van der Waals surface area contributed by atoms with E-state index in [4.69, 9.17) is 4.74 Å². The van der Waals surface area contributed by atoms with Crippen LogP contribution in [0.25, 0.3) is 0 Å². The predicted molar refractivity (Wildman–Crippen MR) is 40.9 cm³/mol. The number of amides is 2. The van der Waals surface area contributed by atoms with Crippen LogP contribution in [0.15, 0.2) is 0 Å². The molecular formula is C7H12N2O3. The highest BCUT2D eigenvalue weighted by Crippen LogP contribution is 2.10. The molecule has 0 radical (unpaired) electrons. The molecule has 0 spiro atoms. The molecule has 12 heavy (non-hydrogen) atoms. The van der Waals surface area contributed by atoms with Gasteiger partial charge in [-0.3, -0.25) is 20.4 Å². The Morgan fingerprint density at radius 1 is 1.42 bits per heavy atom. The Kier molecular flexibility index (Phi) is 3.04. The summed E-state index contributed by atoms with van der Waals surface area (Å²) in [5, 5.41) is 0. The first-order valence-corrected chi connectivity index (χ1v) is 3.88. The second kappa shape index (κ2) is 4.06. The van der Waals surface area contributed by atoms with Crippen molar-refractivity contribution < 1.29 is 14.3 Å². The van der Waals surface area contributed by atoms with Crippen molar-refractivity contribution in [2.75, 3.05) is 6.61 Å². The highest BCUT2D eigenvalue weighted by Gasteiger charge is 2.23. The van der Waals surface area contributed by atoms with E-state index in [0.29, 0.717) is 6.61 Å². The van der Waals surface area contributed by atoms with Crippen LogP contribution >= 0.6 is 0 Å². The summed E-state index contributed by atoms with van der Waals surface area (Å²) in [5.74, 6) is -0.566. The van der Waals surface area contributed by atoms with Crippen molar-refractivity contribution in [1.29, 1.82) is 0 Å². The Morgan fingerprint density at radius 3 is 2.67 bits per heavy atom. The molecule has 2 N–H and O–H groups in total. The first kappa shape index (κ1) is 8.99. The maximum Gasteiger partial charge on any atom is 0.267 e. The summed E-state index contributed by atoms with van der Waals surface area (Å²) in [4.78, 5) is 21.5. The van der Waals surface area contributed by atoms with Gasteiger partial charge in [0.2, 0.25) is 5.91 Å². The quantitative estimate of drug-likeness (QED) is 0.515. The zero-order chi connectivity index (χ0) is 8.97. The van der Waals surface area contributed by atoms with Gasteiger partial charge in [0.25, 0.3) is 5.91 Å². The van der Waals surface area contributed by atoms with Gasteiger partial charge >= 0.3 is 0 Å². The van der Waals surface area contributed by atoms with Crippen LogP contribution in [-0.2, 0) is 14.3 Å². The summed E-state index contributed by atoms with van der Waals surface area (Å²) < 4.78 is 5.08. The Hall–Kier alpha value is -1.10. The topological polar surface area (TPSA) is 67.4 Å². The Bertz CT molecular complexity index is 187. The van der Waals surface area contributed by atoms with E-state index in [9.17, 15) is 9.59 Å². The van der Waals surface area contributed by atoms with E-state index >= 15 is 0 Å². The van der Waals surface area contributed by atoms with Crippen LogP contribution in [0, 0.1) is 0 Å². The number of hydrazine groups is 1. The molecule has 5 heteroatoms. The maximum absolute atomic E-state index is 11.1. The minimum atomic E-state index is -0.392. The molecule has 1 aliphatic rings. The molecule has 1 rings (SSSR count). The molecule has 0 aromatic rings. The van der Waals surface area contributed by atoms with E-state index in [-0.39, 0.29) is 11.8 Å². The number of nitrogens with one attached hydrogen (secondary N) is 2. The third kappa shape index (κ3) is 2.50. The predicted octanol–water partition coefficient (Wildman–Crippen LogP) is -0.667. The molecule has 1 fully saturated rings. The van der Waals surface area contributed by atoms with Gasteiger partial charge in [-0.15, -0.1) is 0 Å². The number of hydrogen-bond acceptors (Lipinski definition) is 3. The molecule has 0 saturated carbocycles. The smallest absolute Gasteiger partial charge is 0.267 e. The molecule has 1 aliphatic heterocycles. The Balaban J connectivity index is 2.23. The number of hydrogen-bond donors (Lipinski definition) is 2. The lowest BCUT2D eigenvalue weighted by Crippen LogP contribution is -2.45. The van der Waals surface area contributed by atoms with Gasteiger partial charge in [-0.05, 0) is 12.8 Å². The van der Waals surface area contributed by atoms with Crippen LogP contribution in [-0.4, -0.2) is 24.5 Å². The standard InChI is InChI=1S/C7H12N2O3/c1-5(10)8-9-7(11)6-3-2-4-12-6/h6H,2-4H2,1H3,(H,8,10)(H,9,11)/t6-/m1/s1.